The van der Waals surface area contributed by atoms with Gasteiger partial charge in [0.1, 0.15) is 15.6 Å². The van der Waals surface area contributed by atoms with Crippen molar-refractivity contribution in [2.75, 3.05) is 14.2 Å². The van der Waals surface area contributed by atoms with E-state index in [9.17, 15) is 9.90 Å². The highest BCUT2D eigenvalue weighted by atomic mass is 35.5. The molecule has 0 spiro atoms. The number of benzene rings is 1. The SMILES string of the molecule is COCc1nc(-c2c(Cl)cccc2OC)sc1C(=O)O. The largest absolute Gasteiger partial charge is 0.496 e. The Balaban J connectivity index is 2.59. The van der Waals surface area contributed by atoms with Gasteiger partial charge in [-0.3, -0.25) is 0 Å². The van der Waals surface area contributed by atoms with Crippen LogP contribution in [-0.4, -0.2) is 30.3 Å². The Bertz CT molecular complexity index is 641. The second kappa shape index (κ2) is 6.21. The summed E-state index contributed by atoms with van der Waals surface area (Å²) in [6.45, 7) is 0.130. The number of hydrogen-bond donors (Lipinski definition) is 1. The lowest BCUT2D eigenvalue weighted by molar-refractivity contribution is 0.0697. The van der Waals surface area contributed by atoms with Crippen LogP contribution in [0.15, 0.2) is 18.2 Å². The Morgan fingerprint density at radius 2 is 2.20 bits per heavy atom. The minimum atomic E-state index is -1.04. The summed E-state index contributed by atoms with van der Waals surface area (Å²) >= 11 is 7.22. The molecule has 0 saturated carbocycles. The molecular weight excluding hydrogens is 302 g/mol. The Labute approximate surface area is 124 Å². The van der Waals surface area contributed by atoms with Crippen molar-refractivity contribution in [2.24, 2.45) is 0 Å². The third-order valence-corrected chi connectivity index (χ3v) is 4.00. The average Bonchev–Trinajstić information content (AvgIpc) is 2.82. The standard InChI is InChI=1S/C13H12ClNO4S/c1-18-6-8-11(13(16)17)20-12(15-8)10-7(14)4-3-5-9(10)19-2/h3-5H,6H2,1-2H3,(H,16,17). The zero-order chi connectivity index (χ0) is 14.7. The topological polar surface area (TPSA) is 68.7 Å². The van der Waals surface area contributed by atoms with Crippen LogP contribution in [0.4, 0.5) is 0 Å². The fourth-order valence-corrected chi connectivity index (χ4v) is 3.03. The molecule has 1 N–H and O–H groups in total. The number of nitrogens with zero attached hydrogens (tertiary/aromatic N) is 1. The van der Waals surface area contributed by atoms with Gasteiger partial charge >= 0.3 is 5.97 Å². The molecule has 0 aliphatic carbocycles. The summed E-state index contributed by atoms with van der Waals surface area (Å²) < 4.78 is 10.2. The number of aromatic carboxylic acids is 1. The van der Waals surface area contributed by atoms with E-state index in [0.717, 1.165) is 11.3 Å². The summed E-state index contributed by atoms with van der Waals surface area (Å²) in [6, 6.07) is 5.21. The monoisotopic (exact) mass is 313 g/mol. The van der Waals surface area contributed by atoms with Crippen LogP contribution in [0.2, 0.25) is 5.02 Å². The molecule has 20 heavy (non-hydrogen) atoms. The fourth-order valence-electron chi connectivity index (χ4n) is 1.74. The molecule has 0 fully saturated rings. The van der Waals surface area contributed by atoms with Crippen molar-refractivity contribution in [3.63, 3.8) is 0 Å². The molecule has 0 saturated heterocycles. The van der Waals surface area contributed by atoms with Gasteiger partial charge in [0.25, 0.3) is 0 Å². The van der Waals surface area contributed by atoms with Gasteiger partial charge in [-0.15, -0.1) is 11.3 Å². The van der Waals surface area contributed by atoms with E-state index in [0.29, 0.717) is 27.0 Å². The van der Waals surface area contributed by atoms with E-state index in [1.807, 2.05) is 0 Å². The molecule has 2 aromatic rings. The van der Waals surface area contributed by atoms with E-state index in [2.05, 4.69) is 4.98 Å². The van der Waals surface area contributed by atoms with Crippen LogP contribution in [-0.2, 0) is 11.3 Å². The third kappa shape index (κ3) is 2.77. The minimum Gasteiger partial charge on any atom is -0.496 e. The van der Waals surface area contributed by atoms with Gasteiger partial charge in [0.15, 0.2) is 0 Å². The predicted molar refractivity (Wildman–Crippen MR) is 76.8 cm³/mol. The van der Waals surface area contributed by atoms with Gasteiger partial charge in [-0.25, -0.2) is 9.78 Å². The number of rotatable bonds is 5. The maximum atomic E-state index is 11.2. The normalized spacial score (nSPS) is 10.6. The number of thiazole rings is 1. The van der Waals surface area contributed by atoms with Crippen molar-refractivity contribution < 1.29 is 19.4 Å². The highest BCUT2D eigenvalue weighted by Crippen LogP contribution is 2.39. The molecule has 0 bridgehead atoms. The van der Waals surface area contributed by atoms with Gasteiger partial charge in [-0.05, 0) is 12.1 Å². The summed E-state index contributed by atoms with van der Waals surface area (Å²) in [5, 5.41) is 10.2. The molecule has 0 unspecified atom stereocenters. The second-order valence-corrected chi connectivity index (χ2v) is 5.26. The molecule has 5 nitrogen and oxygen atoms in total. The molecule has 0 aliphatic rings. The van der Waals surface area contributed by atoms with Crippen LogP contribution < -0.4 is 4.74 Å². The summed E-state index contributed by atoms with van der Waals surface area (Å²) in [5.74, 6) is -0.487. The number of carboxylic acids is 1. The Morgan fingerprint density at radius 3 is 2.80 bits per heavy atom. The van der Waals surface area contributed by atoms with Gasteiger partial charge in [0.05, 0.1) is 30.0 Å². The van der Waals surface area contributed by atoms with Crippen molar-refractivity contribution in [1.29, 1.82) is 0 Å². The van der Waals surface area contributed by atoms with E-state index in [1.54, 1.807) is 18.2 Å². The lowest BCUT2D eigenvalue weighted by Gasteiger charge is -2.07. The van der Waals surface area contributed by atoms with Gasteiger partial charge in [-0.2, -0.15) is 0 Å². The Kier molecular flexibility index (Phi) is 4.59. The molecule has 0 atom stereocenters. The lowest BCUT2D eigenvalue weighted by Crippen LogP contribution is -1.99. The zero-order valence-corrected chi connectivity index (χ0v) is 12.4. The molecule has 7 heteroatoms. The molecule has 0 radical (unpaired) electrons. The molecule has 106 valence electrons. The summed E-state index contributed by atoms with van der Waals surface area (Å²) in [5.41, 5.74) is 0.966. The van der Waals surface area contributed by atoms with Crippen LogP contribution in [0.5, 0.6) is 5.75 Å². The number of hydrogen-bond acceptors (Lipinski definition) is 5. The molecular formula is C13H12ClNO4S. The third-order valence-electron chi connectivity index (χ3n) is 2.58. The molecule has 2 rings (SSSR count). The molecule has 1 aromatic heterocycles. The van der Waals surface area contributed by atoms with Crippen molar-refractivity contribution >= 4 is 28.9 Å². The molecule has 0 aliphatic heterocycles. The first-order valence-corrected chi connectivity index (χ1v) is 6.82. The highest BCUT2D eigenvalue weighted by Gasteiger charge is 2.21. The number of methoxy groups -OCH3 is 2. The van der Waals surface area contributed by atoms with Crippen LogP contribution in [0, 0.1) is 0 Å². The van der Waals surface area contributed by atoms with Crippen molar-refractivity contribution in [2.45, 2.75) is 6.61 Å². The Hall–Kier alpha value is -1.63. The van der Waals surface area contributed by atoms with E-state index < -0.39 is 5.97 Å². The lowest BCUT2D eigenvalue weighted by atomic mass is 10.2. The first-order chi connectivity index (χ1) is 9.58. The Morgan fingerprint density at radius 1 is 1.45 bits per heavy atom. The highest BCUT2D eigenvalue weighted by molar-refractivity contribution is 7.17. The predicted octanol–water partition coefficient (Wildman–Crippen LogP) is 3.32. The maximum absolute atomic E-state index is 11.2. The molecule has 0 amide bonds. The number of carboxylic acid groups (broad SMARTS) is 1. The first-order valence-electron chi connectivity index (χ1n) is 5.63. The summed E-state index contributed by atoms with van der Waals surface area (Å²) in [6.07, 6.45) is 0. The van der Waals surface area contributed by atoms with Crippen molar-refractivity contribution in [3.8, 4) is 16.3 Å². The zero-order valence-electron chi connectivity index (χ0n) is 10.8. The number of halogens is 1. The minimum absolute atomic E-state index is 0.130. The van der Waals surface area contributed by atoms with Crippen LogP contribution >= 0.6 is 22.9 Å². The van der Waals surface area contributed by atoms with E-state index in [-0.39, 0.29) is 11.5 Å². The van der Waals surface area contributed by atoms with E-state index in [1.165, 1.54) is 14.2 Å². The quantitative estimate of drug-likeness (QED) is 0.917. The number of ether oxygens (including phenoxy) is 2. The maximum Gasteiger partial charge on any atom is 0.347 e. The summed E-state index contributed by atoms with van der Waals surface area (Å²) in [4.78, 5) is 15.7. The van der Waals surface area contributed by atoms with Crippen LogP contribution in [0.3, 0.4) is 0 Å². The van der Waals surface area contributed by atoms with Crippen LogP contribution in [0.25, 0.3) is 10.6 Å². The van der Waals surface area contributed by atoms with Gasteiger partial charge in [-0.1, -0.05) is 17.7 Å². The molecule has 1 heterocycles. The van der Waals surface area contributed by atoms with Crippen LogP contribution in [0.1, 0.15) is 15.4 Å². The van der Waals surface area contributed by atoms with Crippen molar-refractivity contribution in [1.82, 2.24) is 4.98 Å². The number of carbonyl (C=O) groups is 1. The first kappa shape index (κ1) is 14.8. The van der Waals surface area contributed by atoms with Crippen molar-refractivity contribution in [3.05, 3.63) is 33.8 Å². The van der Waals surface area contributed by atoms with Gasteiger partial charge in [0, 0.05) is 7.11 Å². The fraction of sp³-hybridized carbons (Fsp3) is 0.231. The summed E-state index contributed by atoms with van der Waals surface area (Å²) in [7, 11) is 3.01. The average molecular weight is 314 g/mol. The van der Waals surface area contributed by atoms with Gasteiger partial charge in [0.2, 0.25) is 0 Å². The van der Waals surface area contributed by atoms with E-state index in [4.69, 9.17) is 21.1 Å². The van der Waals surface area contributed by atoms with E-state index >= 15 is 0 Å². The number of aromatic nitrogens is 1. The van der Waals surface area contributed by atoms with Gasteiger partial charge < -0.3 is 14.6 Å². The second-order valence-electron chi connectivity index (χ2n) is 3.85. The smallest absolute Gasteiger partial charge is 0.347 e. The molecule has 1 aromatic carbocycles.